The summed E-state index contributed by atoms with van der Waals surface area (Å²) >= 11 is 0. The molecule has 21 heavy (non-hydrogen) atoms. The van der Waals surface area contributed by atoms with Gasteiger partial charge in [-0.2, -0.15) is 0 Å². The number of piperidine rings is 1. The molecule has 1 heterocycles. The summed E-state index contributed by atoms with van der Waals surface area (Å²) in [4.78, 5) is 12.7. The lowest BCUT2D eigenvalue weighted by molar-refractivity contribution is -0.136. The first-order chi connectivity index (χ1) is 9.78. The summed E-state index contributed by atoms with van der Waals surface area (Å²) in [6.45, 7) is 2.05. The standard InChI is InChI=1S/C17H24N2O.ClH/c20-16(19-15-7-11-18-12-8-15)17(9-4-10-17)13-14-5-2-1-3-6-14;/h1-3,5-6,15,18H,4,7-13H2,(H,19,20);1H. The van der Waals surface area contributed by atoms with Gasteiger partial charge >= 0.3 is 0 Å². The van der Waals surface area contributed by atoms with Gasteiger partial charge in [-0.15, -0.1) is 12.4 Å². The van der Waals surface area contributed by atoms with Crippen LogP contribution in [0.25, 0.3) is 0 Å². The minimum atomic E-state index is -0.133. The molecule has 1 aliphatic carbocycles. The number of halogens is 1. The summed E-state index contributed by atoms with van der Waals surface area (Å²) in [5, 5.41) is 6.65. The molecule has 0 radical (unpaired) electrons. The van der Waals surface area contributed by atoms with Crippen molar-refractivity contribution in [1.82, 2.24) is 10.6 Å². The Labute approximate surface area is 133 Å². The van der Waals surface area contributed by atoms with Crippen LogP contribution < -0.4 is 10.6 Å². The van der Waals surface area contributed by atoms with Crippen molar-refractivity contribution in [3.63, 3.8) is 0 Å². The fraction of sp³-hybridized carbons (Fsp3) is 0.588. The molecular formula is C17H25ClN2O. The molecule has 3 rings (SSSR count). The zero-order valence-corrected chi connectivity index (χ0v) is 13.3. The summed E-state index contributed by atoms with van der Waals surface area (Å²) < 4.78 is 0. The zero-order valence-electron chi connectivity index (χ0n) is 12.4. The molecule has 1 saturated heterocycles. The number of benzene rings is 1. The van der Waals surface area contributed by atoms with Gasteiger partial charge in [0.15, 0.2) is 0 Å². The van der Waals surface area contributed by atoms with E-state index >= 15 is 0 Å². The summed E-state index contributed by atoms with van der Waals surface area (Å²) in [5.41, 5.74) is 1.15. The van der Waals surface area contributed by atoms with E-state index in [1.54, 1.807) is 0 Å². The molecule has 1 amide bonds. The van der Waals surface area contributed by atoms with Gasteiger partial charge in [-0.05, 0) is 50.8 Å². The van der Waals surface area contributed by atoms with Crippen LogP contribution in [-0.2, 0) is 11.2 Å². The van der Waals surface area contributed by atoms with Crippen molar-refractivity contribution in [2.24, 2.45) is 5.41 Å². The number of hydrogen-bond acceptors (Lipinski definition) is 2. The van der Waals surface area contributed by atoms with E-state index in [0.717, 1.165) is 45.2 Å². The molecule has 2 fully saturated rings. The molecule has 2 aliphatic rings. The predicted octanol–water partition coefficient (Wildman–Crippen LogP) is 2.69. The Balaban J connectivity index is 0.00000161. The van der Waals surface area contributed by atoms with Gasteiger partial charge in [0.25, 0.3) is 0 Å². The highest BCUT2D eigenvalue weighted by molar-refractivity contribution is 5.85. The smallest absolute Gasteiger partial charge is 0.226 e. The molecule has 2 N–H and O–H groups in total. The first kappa shape index (κ1) is 16.3. The van der Waals surface area contributed by atoms with Gasteiger partial charge in [0, 0.05) is 6.04 Å². The Bertz CT molecular complexity index is 453. The van der Waals surface area contributed by atoms with Crippen molar-refractivity contribution in [2.45, 2.75) is 44.6 Å². The molecular weight excluding hydrogens is 284 g/mol. The van der Waals surface area contributed by atoms with Crippen molar-refractivity contribution < 1.29 is 4.79 Å². The fourth-order valence-corrected chi connectivity index (χ4v) is 3.38. The number of carbonyl (C=O) groups is 1. The number of hydrogen-bond donors (Lipinski definition) is 2. The number of amides is 1. The second kappa shape index (κ2) is 7.28. The van der Waals surface area contributed by atoms with Gasteiger partial charge in [0.1, 0.15) is 0 Å². The molecule has 0 aromatic heterocycles. The van der Waals surface area contributed by atoms with Crippen molar-refractivity contribution >= 4 is 18.3 Å². The molecule has 0 bridgehead atoms. The van der Waals surface area contributed by atoms with Crippen LogP contribution in [0.5, 0.6) is 0 Å². The SMILES string of the molecule is Cl.O=C(NC1CCNCC1)C1(Cc2ccccc2)CCC1. The summed E-state index contributed by atoms with van der Waals surface area (Å²) in [7, 11) is 0. The topological polar surface area (TPSA) is 41.1 Å². The third-order valence-electron chi connectivity index (χ3n) is 4.85. The van der Waals surface area contributed by atoms with Gasteiger partial charge in [-0.1, -0.05) is 36.8 Å². The number of rotatable bonds is 4. The van der Waals surface area contributed by atoms with E-state index in [1.165, 1.54) is 12.0 Å². The van der Waals surface area contributed by atoms with Crippen molar-refractivity contribution in [2.75, 3.05) is 13.1 Å². The molecule has 1 aliphatic heterocycles. The third-order valence-corrected chi connectivity index (χ3v) is 4.85. The quantitative estimate of drug-likeness (QED) is 0.898. The maximum Gasteiger partial charge on any atom is 0.226 e. The van der Waals surface area contributed by atoms with Crippen LogP contribution in [0.15, 0.2) is 30.3 Å². The van der Waals surface area contributed by atoms with Gasteiger partial charge in [-0.25, -0.2) is 0 Å². The summed E-state index contributed by atoms with van der Waals surface area (Å²) in [6, 6.07) is 10.8. The molecule has 1 aromatic carbocycles. The van der Waals surface area contributed by atoms with E-state index in [1.807, 2.05) is 6.07 Å². The van der Waals surface area contributed by atoms with Crippen molar-refractivity contribution in [3.05, 3.63) is 35.9 Å². The van der Waals surface area contributed by atoms with Crippen molar-refractivity contribution in [1.29, 1.82) is 0 Å². The van der Waals surface area contributed by atoms with Gasteiger partial charge in [0.05, 0.1) is 5.41 Å². The van der Waals surface area contributed by atoms with E-state index in [4.69, 9.17) is 0 Å². The van der Waals surface area contributed by atoms with Crippen LogP contribution in [0.2, 0.25) is 0 Å². The normalized spacial score (nSPS) is 21.0. The van der Waals surface area contributed by atoms with Crippen LogP contribution in [-0.4, -0.2) is 25.0 Å². The number of carbonyl (C=O) groups excluding carboxylic acids is 1. The predicted molar refractivity (Wildman–Crippen MR) is 87.7 cm³/mol. The lowest BCUT2D eigenvalue weighted by Gasteiger charge is -2.42. The lowest BCUT2D eigenvalue weighted by Crippen LogP contribution is -2.52. The first-order valence-electron chi connectivity index (χ1n) is 7.84. The molecule has 0 atom stereocenters. The zero-order chi connectivity index (χ0) is 13.8. The second-order valence-corrected chi connectivity index (χ2v) is 6.29. The molecule has 116 valence electrons. The highest BCUT2D eigenvalue weighted by Crippen LogP contribution is 2.44. The minimum Gasteiger partial charge on any atom is -0.353 e. The van der Waals surface area contributed by atoms with E-state index in [0.29, 0.717) is 11.9 Å². The second-order valence-electron chi connectivity index (χ2n) is 6.29. The van der Waals surface area contributed by atoms with Gasteiger partial charge in [0.2, 0.25) is 5.91 Å². The lowest BCUT2D eigenvalue weighted by atomic mass is 9.64. The Morgan fingerprint density at radius 1 is 1.19 bits per heavy atom. The average molecular weight is 309 g/mol. The summed E-state index contributed by atoms with van der Waals surface area (Å²) in [6.07, 6.45) is 6.29. The highest BCUT2D eigenvalue weighted by atomic mass is 35.5. The Kier molecular flexibility index (Phi) is 5.65. The Morgan fingerprint density at radius 3 is 2.43 bits per heavy atom. The van der Waals surface area contributed by atoms with Crippen LogP contribution in [0.1, 0.15) is 37.7 Å². The van der Waals surface area contributed by atoms with Crippen LogP contribution in [0, 0.1) is 5.41 Å². The fourth-order valence-electron chi connectivity index (χ4n) is 3.38. The Hall–Kier alpha value is -1.06. The first-order valence-corrected chi connectivity index (χ1v) is 7.84. The third kappa shape index (κ3) is 3.78. The molecule has 3 nitrogen and oxygen atoms in total. The van der Waals surface area contributed by atoms with Crippen LogP contribution in [0.3, 0.4) is 0 Å². The molecule has 0 spiro atoms. The summed E-state index contributed by atoms with van der Waals surface area (Å²) in [5.74, 6) is 0.291. The number of nitrogens with one attached hydrogen (secondary N) is 2. The molecule has 4 heteroatoms. The maximum absolute atomic E-state index is 12.7. The van der Waals surface area contributed by atoms with E-state index in [-0.39, 0.29) is 17.8 Å². The molecule has 0 unspecified atom stereocenters. The van der Waals surface area contributed by atoms with Crippen LogP contribution in [0.4, 0.5) is 0 Å². The van der Waals surface area contributed by atoms with Gasteiger partial charge < -0.3 is 10.6 Å². The van der Waals surface area contributed by atoms with Gasteiger partial charge in [-0.3, -0.25) is 4.79 Å². The highest BCUT2D eigenvalue weighted by Gasteiger charge is 2.44. The average Bonchev–Trinajstić information content (AvgIpc) is 2.45. The minimum absolute atomic E-state index is 0. The van der Waals surface area contributed by atoms with Crippen molar-refractivity contribution in [3.8, 4) is 0 Å². The molecule has 1 saturated carbocycles. The van der Waals surface area contributed by atoms with Crippen LogP contribution >= 0.6 is 12.4 Å². The maximum atomic E-state index is 12.7. The largest absolute Gasteiger partial charge is 0.353 e. The van der Waals surface area contributed by atoms with E-state index < -0.39 is 0 Å². The Morgan fingerprint density at radius 2 is 1.86 bits per heavy atom. The van der Waals surface area contributed by atoms with E-state index in [9.17, 15) is 4.79 Å². The monoisotopic (exact) mass is 308 g/mol. The molecule has 1 aromatic rings. The van der Waals surface area contributed by atoms with E-state index in [2.05, 4.69) is 34.9 Å².